The minimum Gasteiger partial charge on any atom is -0.508 e. The highest BCUT2D eigenvalue weighted by Gasteiger charge is 2.11. The Morgan fingerprint density at radius 3 is 2.55 bits per heavy atom. The van der Waals surface area contributed by atoms with Crippen LogP contribution in [-0.2, 0) is 17.6 Å². The first-order valence-corrected chi connectivity index (χ1v) is 10.1. The van der Waals surface area contributed by atoms with Gasteiger partial charge in [-0.2, -0.15) is 0 Å². The number of phenolic OH excluding ortho intramolecular Hbond substituents is 1. The van der Waals surface area contributed by atoms with Crippen molar-refractivity contribution in [3.63, 3.8) is 0 Å². The van der Waals surface area contributed by atoms with Crippen LogP contribution in [0.4, 0.5) is 5.69 Å². The molecular weight excluding hydrogens is 392 g/mol. The molecule has 2 amide bonds. The zero-order valence-electron chi connectivity index (χ0n) is 17.4. The van der Waals surface area contributed by atoms with Crippen molar-refractivity contribution in [3.8, 4) is 11.5 Å². The monoisotopic (exact) mass is 418 g/mol. The van der Waals surface area contributed by atoms with E-state index < -0.39 is 0 Å². The number of benzene rings is 3. The molecule has 0 saturated heterocycles. The van der Waals surface area contributed by atoms with Crippen molar-refractivity contribution in [2.24, 2.45) is 0 Å². The van der Waals surface area contributed by atoms with E-state index in [4.69, 9.17) is 4.74 Å². The van der Waals surface area contributed by atoms with Gasteiger partial charge in [-0.15, -0.1) is 0 Å². The molecule has 0 aliphatic carbocycles. The average Bonchev–Trinajstić information content (AvgIpc) is 2.76. The molecule has 0 fully saturated rings. The topological polar surface area (TPSA) is 87.7 Å². The molecule has 0 aliphatic rings. The Hall–Kier alpha value is -3.80. The minimum absolute atomic E-state index is 0.200. The lowest BCUT2D eigenvalue weighted by Crippen LogP contribution is -2.25. The second-order valence-corrected chi connectivity index (χ2v) is 7.23. The maximum atomic E-state index is 12.6. The predicted molar refractivity (Wildman–Crippen MR) is 121 cm³/mol. The summed E-state index contributed by atoms with van der Waals surface area (Å²) < 4.78 is 5.84. The van der Waals surface area contributed by atoms with Gasteiger partial charge in [-0.3, -0.25) is 9.59 Å². The summed E-state index contributed by atoms with van der Waals surface area (Å²) in [4.78, 5) is 23.5. The highest BCUT2D eigenvalue weighted by Crippen LogP contribution is 2.26. The molecular formula is C25H26N2O4. The van der Waals surface area contributed by atoms with Crippen LogP contribution in [-0.4, -0.2) is 30.6 Å². The number of ether oxygens (including phenoxy) is 1. The lowest BCUT2D eigenvalue weighted by molar-refractivity contribution is -0.105. The zero-order valence-corrected chi connectivity index (χ0v) is 17.4. The number of phenols is 1. The fourth-order valence-electron chi connectivity index (χ4n) is 3.20. The van der Waals surface area contributed by atoms with Crippen LogP contribution in [0.25, 0.3) is 0 Å². The summed E-state index contributed by atoms with van der Waals surface area (Å²) in [7, 11) is 0. The number of anilines is 1. The van der Waals surface area contributed by atoms with E-state index in [0.717, 1.165) is 12.0 Å². The molecule has 0 radical (unpaired) electrons. The Morgan fingerprint density at radius 2 is 1.81 bits per heavy atom. The third kappa shape index (κ3) is 6.60. The van der Waals surface area contributed by atoms with Gasteiger partial charge in [0.2, 0.25) is 6.41 Å². The molecule has 0 saturated carbocycles. The van der Waals surface area contributed by atoms with E-state index in [-0.39, 0.29) is 11.7 Å². The summed E-state index contributed by atoms with van der Waals surface area (Å²) in [6.45, 7) is 2.92. The van der Waals surface area contributed by atoms with Gasteiger partial charge < -0.3 is 20.5 Å². The van der Waals surface area contributed by atoms with Crippen LogP contribution < -0.4 is 15.4 Å². The van der Waals surface area contributed by atoms with E-state index in [1.807, 2.05) is 37.3 Å². The fraction of sp³-hybridized carbons (Fsp3) is 0.200. The molecule has 0 aliphatic heterocycles. The van der Waals surface area contributed by atoms with Crippen LogP contribution >= 0.6 is 0 Å². The van der Waals surface area contributed by atoms with E-state index in [9.17, 15) is 14.7 Å². The molecule has 160 valence electrons. The number of hydrogen-bond acceptors (Lipinski definition) is 4. The van der Waals surface area contributed by atoms with Gasteiger partial charge in [-0.25, -0.2) is 0 Å². The molecule has 6 nitrogen and oxygen atoms in total. The first kappa shape index (κ1) is 21.9. The quantitative estimate of drug-likeness (QED) is 0.436. The second-order valence-electron chi connectivity index (χ2n) is 7.23. The van der Waals surface area contributed by atoms with Gasteiger partial charge in [0.1, 0.15) is 11.5 Å². The highest BCUT2D eigenvalue weighted by molar-refractivity contribution is 5.95. The van der Waals surface area contributed by atoms with E-state index in [1.165, 1.54) is 11.1 Å². The first-order chi connectivity index (χ1) is 15.0. The summed E-state index contributed by atoms with van der Waals surface area (Å²) in [5, 5.41) is 14.9. The summed E-state index contributed by atoms with van der Waals surface area (Å²) in [5.41, 5.74) is 4.32. The fourth-order valence-corrected chi connectivity index (χ4v) is 3.20. The number of nitrogens with one attached hydrogen (secondary N) is 2. The second kappa shape index (κ2) is 10.8. The summed E-state index contributed by atoms with van der Waals surface area (Å²) >= 11 is 0. The van der Waals surface area contributed by atoms with Crippen LogP contribution in [0.1, 0.15) is 27.0 Å². The molecule has 0 heterocycles. The first-order valence-electron chi connectivity index (χ1n) is 10.1. The van der Waals surface area contributed by atoms with Crippen LogP contribution in [0.15, 0.2) is 66.7 Å². The molecule has 3 aromatic rings. The highest BCUT2D eigenvalue weighted by atomic mass is 16.5. The number of carbonyl (C=O) groups excluding carboxylic acids is 2. The Bertz CT molecular complexity index is 1030. The van der Waals surface area contributed by atoms with Crippen LogP contribution in [0.5, 0.6) is 11.5 Å². The lowest BCUT2D eigenvalue weighted by Gasteiger charge is -2.13. The van der Waals surface area contributed by atoms with Crippen molar-refractivity contribution >= 4 is 18.0 Å². The number of amides is 2. The number of aryl methyl sites for hydroxylation is 1. The van der Waals surface area contributed by atoms with Crippen molar-refractivity contribution in [3.05, 3.63) is 89.0 Å². The SMILES string of the molecule is Cc1cccc(CCNC(=O)c2ccc(NC=O)c(OCCc3ccc(O)cc3)c2)c1. The normalized spacial score (nSPS) is 10.4. The van der Waals surface area contributed by atoms with E-state index in [1.54, 1.807) is 30.3 Å². The number of hydrogen-bond donors (Lipinski definition) is 3. The summed E-state index contributed by atoms with van der Waals surface area (Å²) in [5.74, 6) is 0.439. The number of aromatic hydroxyl groups is 1. The van der Waals surface area contributed by atoms with E-state index >= 15 is 0 Å². The molecule has 3 aromatic carbocycles. The Kier molecular flexibility index (Phi) is 7.65. The molecule has 0 unspecified atom stereocenters. The van der Waals surface area contributed by atoms with Crippen molar-refractivity contribution < 1.29 is 19.4 Å². The van der Waals surface area contributed by atoms with Gasteiger partial charge >= 0.3 is 0 Å². The molecule has 6 heteroatoms. The van der Waals surface area contributed by atoms with E-state index in [0.29, 0.717) is 43.0 Å². The van der Waals surface area contributed by atoms with Gasteiger partial charge in [0.15, 0.2) is 0 Å². The van der Waals surface area contributed by atoms with Gasteiger partial charge in [0, 0.05) is 18.5 Å². The van der Waals surface area contributed by atoms with Gasteiger partial charge in [0.25, 0.3) is 5.91 Å². The van der Waals surface area contributed by atoms with Crippen LogP contribution in [0.2, 0.25) is 0 Å². The predicted octanol–water partition coefficient (Wildman–Crippen LogP) is 3.86. The Balaban J connectivity index is 1.60. The third-order valence-electron chi connectivity index (χ3n) is 4.82. The van der Waals surface area contributed by atoms with Crippen molar-refractivity contribution in [2.45, 2.75) is 19.8 Å². The van der Waals surface area contributed by atoms with Crippen LogP contribution in [0.3, 0.4) is 0 Å². The molecule has 0 bridgehead atoms. The smallest absolute Gasteiger partial charge is 0.251 e. The van der Waals surface area contributed by atoms with E-state index in [2.05, 4.69) is 16.7 Å². The summed E-state index contributed by atoms with van der Waals surface area (Å²) in [6, 6.07) is 20.0. The third-order valence-corrected chi connectivity index (χ3v) is 4.82. The Morgan fingerprint density at radius 1 is 1.00 bits per heavy atom. The standard InChI is InChI=1S/C25H26N2O4/c1-18-3-2-4-20(15-18)11-13-26-25(30)21-7-10-23(27-17-28)24(16-21)31-14-12-19-5-8-22(29)9-6-19/h2-10,15-17,29H,11-14H2,1H3,(H,26,30)(H,27,28). The van der Waals surface area contributed by atoms with Gasteiger partial charge in [0.05, 0.1) is 12.3 Å². The maximum absolute atomic E-state index is 12.6. The molecule has 3 rings (SSSR count). The van der Waals surface area contributed by atoms with Crippen molar-refractivity contribution in [2.75, 3.05) is 18.5 Å². The molecule has 3 N–H and O–H groups in total. The average molecular weight is 418 g/mol. The largest absolute Gasteiger partial charge is 0.508 e. The minimum atomic E-state index is -0.200. The molecule has 0 aromatic heterocycles. The van der Waals surface area contributed by atoms with Crippen LogP contribution in [0, 0.1) is 6.92 Å². The Labute approximate surface area is 181 Å². The maximum Gasteiger partial charge on any atom is 0.251 e. The zero-order chi connectivity index (χ0) is 22.1. The molecule has 0 spiro atoms. The number of rotatable bonds is 10. The molecule has 0 atom stereocenters. The van der Waals surface area contributed by atoms with Crippen molar-refractivity contribution in [1.29, 1.82) is 0 Å². The van der Waals surface area contributed by atoms with Crippen molar-refractivity contribution in [1.82, 2.24) is 5.32 Å². The van der Waals surface area contributed by atoms with Gasteiger partial charge in [-0.05, 0) is 54.8 Å². The summed E-state index contributed by atoms with van der Waals surface area (Å²) in [6.07, 6.45) is 1.94. The lowest BCUT2D eigenvalue weighted by atomic mass is 10.1. The van der Waals surface area contributed by atoms with Gasteiger partial charge in [-0.1, -0.05) is 42.0 Å². The number of carbonyl (C=O) groups is 2. The molecule has 31 heavy (non-hydrogen) atoms.